The van der Waals surface area contributed by atoms with Crippen LogP contribution in [0, 0.1) is 13.8 Å². The summed E-state index contributed by atoms with van der Waals surface area (Å²) in [6, 6.07) is 4.49. The van der Waals surface area contributed by atoms with Crippen LogP contribution in [0.25, 0.3) is 0 Å². The Morgan fingerprint density at radius 3 is 2.11 bits per heavy atom. The molecule has 2 nitrogen and oxygen atoms in total. The van der Waals surface area contributed by atoms with Crippen LogP contribution in [0.5, 0.6) is 0 Å². The summed E-state index contributed by atoms with van der Waals surface area (Å²) in [6.45, 7) is 14.0. The van der Waals surface area contributed by atoms with Crippen molar-refractivity contribution in [2.45, 2.75) is 59.5 Å². The maximum absolute atomic E-state index is 9.99. The smallest absolute Gasteiger partial charge is 0.0814 e. The van der Waals surface area contributed by atoms with Crippen molar-refractivity contribution >= 4 is 0 Å². The van der Waals surface area contributed by atoms with Crippen molar-refractivity contribution in [2.24, 2.45) is 0 Å². The van der Waals surface area contributed by atoms with Crippen molar-refractivity contribution in [3.63, 3.8) is 0 Å². The zero-order valence-corrected chi connectivity index (χ0v) is 13.2. The fourth-order valence-electron chi connectivity index (χ4n) is 2.30. The number of aliphatic hydroxyl groups excluding tert-OH is 1. The number of hydrogen-bond donors (Lipinski definition) is 1. The first kappa shape index (κ1) is 16.2. The largest absolute Gasteiger partial charge is 0.390 e. The third-order valence-corrected chi connectivity index (χ3v) is 3.52. The number of rotatable bonds is 5. The topological polar surface area (TPSA) is 29.5 Å². The molecule has 0 saturated heterocycles. The van der Waals surface area contributed by atoms with Crippen molar-refractivity contribution < 1.29 is 9.84 Å². The molecular weight excluding hydrogens is 236 g/mol. The van der Waals surface area contributed by atoms with E-state index in [1.807, 2.05) is 6.92 Å². The molecule has 19 heavy (non-hydrogen) atoms. The van der Waals surface area contributed by atoms with E-state index in [1.165, 1.54) is 22.3 Å². The van der Waals surface area contributed by atoms with Crippen LogP contribution in [0.1, 0.15) is 49.9 Å². The lowest BCUT2D eigenvalue weighted by atomic mass is 9.83. The fraction of sp³-hybridized carbons (Fsp3) is 0.647. The Labute approximate surface area is 117 Å². The molecule has 1 aromatic carbocycles. The molecule has 0 aliphatic rings. The molecule has 0 amide bonds. The van der Waals surface area contributed by atoms with E-state index >= 15 is 0 Å². The third kappa shape index (κ3) is 4.63. The van der Waals surface area contributed by atoms with E-state index in [1.54, 1.807) is 0 Å². The van der Waals surface area contributed by atoms with E-state index in [0.29, 0.717) is 19.6 Å². The Morgan fingerprint density at radius 2 is 1.68 bits per heavy atom. The molecule has 1 atom stereocenters. The molecule has 1 rings (SSSR count). The molecule has 0 aromatic heterocycles. The second-order valence-electron chi connectivity index (χ2n) is 6.36. The second kappa shape index (κ2) is 6.53. The first-order valence-corrected chi connectivity index (χ1v) is 7.12. The third-order valence-electron chi connectivity index (χ3n) is 3.52. The van der Waals surface area contributed by atoms with Gasteiger partial charge in [0.1, 0.15) is 0 Å². The molecule has 1 unspecified atom stereocenters. The summed E-state index contributed by atoms with van der Waals surface area (Å²) in [5.41, 5.74) is 5.30. The SMILES string of the molecule is CCOCC(O)Cc1c(C)cc(C(C)(C)C)cc1C. The minimum absolute atomic E-state index is 0.165. The maximum Gasteiger partial charge on any atom is 0.0814 e. The summed E-state index contributed by atoms with van der Waals surface area (Å²) in [5.74, 6) is 0. The summed E-state index contributed by atoms with van der Waals surface area (Å²) >= 11 is 0. The predicted molar refractivity (Wildman–Crippen MR) is 80.8 cm³/mol. The molecular formula is C17H28O2. The Bertz CT molecular complexity index is 393. The van der Waals surface area contributed by atoms with Crippen LogP contribution in [0.15, 0.2) is 12.1 Å². The standard InChI is InChI=1S/C17H28O2/c1-7-19-11-15(18)10-16-12(2)8-14(9-13(16)3)17(4,5)6/h8-9,15,18H,7,10-11H2,1-6H3. The lowest BCUT2D eigenvalue weighted by Gasteiger charge is -2.23. The van der Waals surface area contributed by atoms with Gasteiger partial charge >= 0.3 is 0 Å². The quantitative estimate of drug-likeness (QED) is 0.881. The molecule has 108 valence electrons. The zero-order valence-electron chi connectivity index (χ0n) is 13.2. The fourth-order valence-corrected chi connectivity index (χ4v) is 2.30. The number of aliphatic hydroxyl groups is 1. The summed E-state index contributed by atoms with van der Waals surface area (Å²) in [5, 5.41) is 9.99. The molecule has 0 fully saturated rings. The molecule has 0 spiro atoms. The predicted octanol–water partition coefficient (Wildman–Crippen LogP) is 3.54. The molecule has 0 heterocycles. The van der Waals surface area contributed by atoms with Crippen LogP contribution in [0.4, 0.5) is 0 Å². The average molecular weight is 264 g/mol. The normalized spacial score (nSPS) is 13.6. The minimum Gasteiger partial charge on any atom is -0.390 e. The first-order chi connectivity index (χ1) is 8.75. The van der Waals surface area contributed by atoms with Crippen LogP contribution >= 0.6 is 0 Å². The van der Waals surface area contributed by atoms with Gasteiger partial charge in [-0.3, -0.25) is 0 Å². The van der Waals surface area contributed by atoms with Gasteiger partial charge in [0.25, 0.3) is 0 Å². The second-order valence-corrected chi connectivity index (χ2v) is 6.36. The number of hydrogen-bond acceptors (Lipinski definition) is 2. The molecule has 2 heteroatoms. The summed E-state index contributed by atoms with van der Waals surface area (Å²) in [6.07, 6.45) is 0.250. The van der Waals surface area contributed by atoms with Crippen molar-refractivity contribution in [1.29, 1.82) is 0 Å². The summed E-state index contributed by atoms with van der Waals surface area (Å²) in [4.78, 5) is 0. The Morgan fingerprint density at radius 1 is 1.16 bits per heavy atom. The van der Waals surface area contributed by atoms with Gasteiger partial charge in [0.2, 0.25) is 0 Å². The highest BCUT2D eigenvalue weighted by molar-refractivity contribution is 5.40. The van der Waals surface area contributed by atoms with Gasteiger partial charge in [0.05, 0.1) is 12.7 Å². The molecule has 0 aliphatic carbocycles. The van der Waals surface area contributed by atoms with E-state index in [9.17, 15) is 5.11 Å². The zero-order chi connectivity index (χ0) is 14.6. The van der Waals surface area contributed by atoms with Gasteiger partial charge in [-0.25, -0.2) is 0 Å². The van der Waals surface area contributed by atoms with Gasteiger partial charge in [-0.1, -0.05) is 32.9 Å². The average Bonchev–Trinajstić information content (AvgIpc) is 2.29. The van der Waals surface area contributed by atoms with E-state index in [4.69, 9.17) is 4.74 Å². The Kier molecular flexibility index (Phi) is 5.57. The molecule has 0 aliphatic heterocycles. The minimum atomic E-state index is -0.419. The van der Waals surface area contributed by atoms with E-state index in [2.05, 4.69) is 46.8 Å². The molecule has 1 N–H and O–H groups in total. The highest BCUT2D eigenvalue weighted by Crippen LogP contribution is 2.27. The van der Waals surface area contributed by atoms with Gasteiger partial charge in [0.15, 0.2) is 0 Å². The summed E-state index contributed by atoms with van der Waals surface area (Å²) in [7, 11) is 0. The van der Waals surface area contributed by atoms with Crippen molar-refractivity contribution in [3.05, 3.63) is 34.4 Å². The highest BCUT2D eigenvalue weighted by Gasteiger charge is 2.17. The van der Waals surface area contributed by atoms with Gasteiger partial charge in [0, 0.05) is 13.0 Å². The van der Waals surface area contributed by atoms with Crippen LogP contribution in [0.3, 0.4) is 0 Å². The molecule has 1 aromatic rings. The monoisotopic (exact) mass is 264 g/mol. The van der Waals surface area contributed by atoms with Gasteiger partial charge < -0.3 is 9.84 Å². The highest BCUT2D eigenvalue weighted by atomic mass is 16.5. The summed E-state index contributed by atoms with van der Waals surface area (Å²) < 4.78 is 5.28. The van der Waals surface area contributed by atoms with Crippen molar-refractivity contribution in [2.75, 3.05) is 13.2 Å². The molecule has 0 radical (unpaired) electrons. The Balaban J connectivity index is 2.92. The number of ether oxygens (including phenoxy) is 1. The Hall–Kier alpha value is -0.860. The number of aryl methyl sites for hydroxylation is 2. The van der Waals surface area contributed by atoms with Gasteiger partial charge in [-0.15, -0.1) is 0 Å². The van der Waals surface area contributed by atoms with Crippen LogP contribution in [0.2, 0.25) is 0 Å². The maximum atomic E-state index is 9.99. The lowest BCUT2D eigenvalue weighted by molar-refractivity contribution is 0.0428. The lowest BCUT2D eigenvalue weighted by Crippen LogP contribution is -2.20. The van der Waals surface area contributed by atoms with E-state index < -0.39 is 6.10 Å². The van der Waals surface area contributed by atoms with Crippen molar-refractivity contribution in [1.82, 2.24) is 0 Å². The first-order valence-electron chi connectivity index (χ1n) is 7.12. The molecule has 0 saturated carbocycles. The van der Waals surface area contributed by atoms with Crippen LogP contribution < -0.4 is 0 Å². The van der Waals surface area contributed by atoms with Crippen molar-refractivity contribution in [3.8, 4) is 0 Å². The van der Waals surface area contributed by atoms with Crippen LogP contribution in [-0.4, -0.2) is 24.4 Å². The van der Waals surface area contributed by atoms with Gasteiger partial charge in [-0.05, 0) is 48.4 Å². The van der Waals surface area contributed by atoms with Crippen LogP contribution in [-0.2, 0) is 16.6 Å². The van der Waals surface area contributed by atoms with E-state index in [-0.39, 0.29) is 5.41 Å². The molecule has 0 bridgehead atoms. The number of benzene rings is 1. The van der Waals surface area contributed by atoms with E-state index in [0.717, 1.165) is 0 Å². The van der Waals surface area contributed by atoms with Gasteiger partial charge in [-0.2, -0.15) is 0 Å².